The van der Waals surface area contributed by atoms with Crippen molar-refractivity contribution in [3.05, 3.63) is 64.3 Å². The average Bonchev–Trinajstić information content (AvgIpc) is 3.17. The maximum Gasteiger partial charge on any atom is 0.326 e. The monoisotopic (exact) mass is 459 g/mol. The van der Waals surface area contributed by atoms with E-state index in [1.165, 1.54) is 29.3 Å². The largest absolute Gasteiger partial charge is 0.476 e. The van der Waals surface area contributed by atoms with Crippen molar-refractivity contribution in [1.29, 1.82) is 0 Å². The fourth-order valence-corrected chi connectivity index (χ4v) is 3.60. The number of amides is 2. The van der Waals surface area contributed by atoms with Crippen LogP contribution >= 0.6 is 11.6 Å². The van der Waals surface area contributed by atoms with Gasteiger partial charge in [-0.05, 0) is 57.0 Å². The third kappa shape index (κ3) is 4.68. The molecule has 1 aromatic carbocycles. The minimum absolute atomic E-state index is 0.0923. The van der Waals surface area contributed by atoms with Gasteiger partial charge in [-0.15, -0.1) is 5.10 Å². The normalized spacial score (nSPS) is 13.3. The average molecular weight is 460 g/mol. The second-order valence-electron chi connectivity index (χ2n) is 8.04. The minimum Gasteiger partial charge on any atom is -0.476 e. The minimum atomic E-state index is -1.11. The van der Waals surface area contributed by atoms with Crippen LogP contribution in [0.25, 0.3) is 0 Å². The predicted octanol–water partition coefficient (Wildman–Crippen LogP) is 4.39. The van der Waals surface area contributed by atoms with Gasteiger partial charge in [0.1, 0.15) is 11.4 Å². The van der Waals surface area contributed by atoms with Crippen molar-refractivity contribution in [2.24, 2.45) is 0 Å². The fourth-order valence-electron chi connectivity index (χ4n) is 3.42. The maximum atomic E-state index is 13.5. The van der Waals surface area contributed by atoms with Crippen molar-refractivity contribution in [1.82, 2.24) is 15.2 Å². The summed E-state index contributed by atoms with van der Waals surface area (Å²) < 4.78 is 19.1. The van der Waals surface area contributed by atoms with Crippen LogP contribution in [-0.2, 0) is 18.6 Å². The number of benzene rings is 1. The molecule has 2 aromatic heterocycles. The first-order valence-corrected chi connectivity index (χ1v) is 10.5. The van der Waals surface area contributed by atoms with E-state index in [1.54, 1.807) is 26.0 Å². The van der Waals surface area contributed by atoms with E-state index in [9.17, 15) is 14.3 Å². The predicted molar refractivity (Wildman–Crippen MR) is 118 cm³/mol. The number of urea groups is 1. The highest BCUT2D eigenvalue weighted by Crippen LogP contribution is 2.28. The van der Waals surface area contributed by atoms with Crippen molar-refractivity contribution in [2.75, 3.05) is 16.8 Å². The number of pyridine rings is 1. The van der Waals surface area contributed by atoms with Gasteiger partial charge in [-0.1, -0.05) is 11.6 Å². The number of anilines is 2. The van der Waals surface area contributed by atoms with Gasteiger partial charge in [-0.2, -0.15) is 0 Å². The molecule has 2 amide bonds. The van der Waals surface area contributed by atoms with Crippen molar-refractivity contribution in [3.8, 4) is 5.88 Å². The van der Waals surface area contributed by atoms with Crippen LogP contribution < -0.4 is 15.0 Å². The number of aromatic amines is 1. The van der Waals surface area contributed by atoms with Gasteiger partial charge in [0.15, 0.2) is 0 Å². The number of fused-ring (bicyclic) bond motifs is 1. The van der Waals surface area contributed by atoms with Crippen LogP contribution in [-0.4, -0.2) is 32.9 Å². The fraction of sp³-hybridized carbons (Fsp3) is 0.318. The van der Waals surface area contributed by atoms with Crippen LogP contribution in [0, 0.1) is 5.82 Å². The molecule has 8 nitrogen and oxygen atoms in total. The Morgan fingerprint density at radius 2 is 2.19 bits per heavy atom. The molecule has 4 rings (SSSR count). The van der Waals surface area contributed by atoms with Crippen molar-refractivity contribution in [2.45, 2.75) is 38.8 Å². The Hall–Kier alpha value is -3.17. The molecule has 0 saturated carbocycles. The summed E-state index contributed by atoms with van der Waals surface area (Å²) in [5.74, 6) is -0.0237. The number of nitrogens with zero attached hydrogens (tertiary/aromatic N) is 3. The molecule has 0 radical (unpaired) electrons. The van der Waals surface area contributed by atoms with Gasteiger partial charge < -0.3 is 15.2 Å². The number of aromatic nitrogens is 3. The Morgan fingerprint density at radius 3 is 2.88 bits per heavy atom. The number of nitrogens with one attached hydrogen (secondary N) is 2. The van der Waals surface area contributed by atoms with E-state index in [0.29, 0.717) is 29.6 Å². The zero-order valence-corrected chi connectivity index (χ0v) is 18.4. The number of hydrogen-bond acceptors (Lipinski definition) is 5. The number of ether oxygens (including phenoxy) is 1. The molecule has 10 heteroatoms. The first-order chi connectivity index (χ1) is 15.2. The van der Waals surface area contributed by atoms with E-state index in [0.717, 1.165) is 24.1 Å². The molecule has 32 heavy (non-hydrogen) atoms. The highest BCUT2D eigenvalue weighted by atomic mass is 35.5. The van der Waals surface area contributed by atoms with Crippen LogP contribution in [0.5, 0.6) is 5.88 Å². The summed E-state index contributed by atoms with van der Waals surface area (Å²) >= 11 is 5.85. The number of aliphatic hydroxyl groups is 1. The Bertz CT molecular complexity index is 1130. The van der Waals surface area contributed by atoms with Crippen molar-refractivity contribution in [3.63, 3.8) is 0 Å². The molecule has 1 aliphatic rings. The van der Waals surface area contributed by atoms with Crippen LogP contribution in [0.3, 0.4) is 0 Å². The van der Waals surface area contributed by atoms with Crippen LogP contribution in [0.1, 0.15) is 37.2 Å². The van der Waals surface area contributed by atoms with Gasteiger partial charge in [0.05, 0.1) is 41.4 Å². The third-order valence-corrected chi connectivity index (χ3v) is 5.43. The molecule has 0 saturated heterocycles. The highest BCUT2D eigenvalue weighted by Gasteiger charge is 2.25. The molecular weight excluding hydrogens is 437 g/mol. The number of halogens is 2. The van der Waals surface area contributed by atoms with E-state index >= 15 is 0 Å². The second kappa shape index (κ2) is 8.76. The van der Waals surface area contributed by atoms with Crippen molar-refractivity contribution >= 4 is 29.0 Å². The topological polar surface area (TPSA) is 103 Å². The second-order valence-corrected chi connectivity index (χ2v) is 8.45. The van der Waals surface area contributed by atoms with E-state index in [4.69, 9.17) is 16.3 Å². The first kappa shape index (κ1) is 22.0. The van der Waals surface area contributed by atoms with Gasteiger partial charge in [0, 0.05) is 11.3 Å². The zero-order chi connectivity index (χ0) is 22.9. The van der Waals surface area contributed by atoms with Gasteiger partial charge in [-0.25, -0.2) is 9.18 Å². The summed E-state index contributed by atoms with van der Waals surface area (Å²) in [5.41, 5.74) is 1.89. The van der Waals surface area contributed by atoms with Crippen LogP contribution in [0.15, 0.2) is 36.5 Å². The van der Waals surface area contributed by atoms with Gasteiger partial charge in [0.25, 0.3) is 0 Å². The summed E-state index contributed by atoms with van der Waals surface area (Å²) in [6.45, 7) is 4.05. The van der Waals surface area contributed by atoms with Gasteiger partial charge in [0.2, 0.25) is 5.88 Å². The number of carbonyl (C=O) groups is 1. The lowest BCUT2D eigenvalue weighted by molar-refractivity contribution is 0.0739. The van der Waals surface area contributed by atoms with E-state index in [-0.39, 0.29) is 11.6 Å². The number of hydrogen-bond donors (Lipinski definition) is 3. The summed E-state index contributed by atoms with van der Waals surface area (Å²) in [7, 11) is 0. The van der Waals surface area contributed by atoms with Gasteiger partial charge in [-0.3, -0.25) is 15.0 Å². The lowest BCUT2D eigenvalue weighted by Gasteiger charge is -2.24. The summed E-state index contributed by atoms with van der Waals surface area (Å²) in [6.07, 6.45) is 3.17. The summed E-state index contributed by atoms with van der Waals surface area (Å²) in [4.78, 5) is 19.0. The Balaban J connectivity index is 1.64. The van der Waals surface area contributed by atoms with Crippen LogP contribution in [0.2, 0.25) is 5.02 Å². The van der Waals surface area contributed by atoms with E-state index in [1.807, 2.05) is 0 Å². The highest BCUT2D eigenvalue weighted by molar-refractivity contribution is 6.31. The van der Waals surface area contributed by atoms with Crippen molar-refractivity contribution < 1.29 is 19.0 Å². The Morgan fingerprint density at radius 1 is 1.38 bits per heavy atom. The third-order valence-electron chi connectivity index (χ3n) is 5.14. The lowest BCUT2D eigenvalue weighted by atomic mass is 10.0. The summed E-state index contributed by atoms with van der Waals surface area (Å²) in [6, 6.07) is 6.86. The number of rotatable bonds is 5. The molecule has 3 heterocycles. The molecule has 3 N–H and O–H groups in total. The SMILES string of the molecule is CC(C)(O)c1ccc(N(Cc2[nH]nc3c2CCCO3)C(=O)Nc2ccc(F)c(Cl)c2)cn1. The first-order valence-electron chi connectivity index (χ1n) is 10.1. The molecule has 0 atom stereocenters. The molecule has 3 aromatic rings. The molecule has 0 bridgehead atoms. The molecule has 0 fully saturated rings. The smallest absolute Gasteiger partial charge is 0.326 e. The van der Waals surface area contributed by atoms with E-state index < -0.39 is 17.4 Å². The number of carbonyl (C=O) groups excluding carboxylic acids is 1. The maximum absolute atomic E-state index is 13.5. The molecule has 0 aliphatic carbocycles. The lowest BCUT2D eigenvalue weighted by Crippen LogP contribution is -2.35. The quantitative estimate of drug-likeness (QED) is 0.525. The molecule has 0 spiro atoms. The standard InChI is InChI=1S/C22H23ClFN5O3/c1-22(2,31)19-8-6-14(11-25-19)29(12-18-15-4-3-9-32-20(15)28-27-18)21(30)26-13-5-7-17(24)16(23)10-13/h5-8,10-11,31H,3-4,9,12H2,1-2H3,(H,26,30)(H,27,28). The summed E-state index contributed by atoms with van der Waals surface area (Å²) in [5, 5.41) is 20.0. The zero-order valence-electron chi connectivity index (χ0n) is 17.7. The Kier molecular flexibility index (Phi) is 6.03. The Labute approximate surface area is 189 Å². The van der Waals surface area contributed by atoms with Gasteiger partial charge >= 0.3 is 6.03 Å². The molecule has 0 unspecified atom stereocenters. The molecular formula is C22H23ClFN5O3. The van der Waals surface area contributed by atoms with Crippen LogP contribution in [0.4, 0.5) is 20.6 Å². The molecule has 1 aliphatic heterocycles. The van der Waals surface area contributed by atoms with E-state index in [2.05, 4.69) is 20.5 Å². The molecule has 168 valence electrons. The number of H-pyrrole nitrogens is 1.